The molecule has 82 heavy (non-hydrogen) atoms. The summed E-state index contributed by atoms with van der Waals surface area (Å²) < 4.78 is 22.8. The molecule has 0 radical (unpaired) electrons. The Labute approximate surface area is 500 Å². The molecule has 0 bridgehead atoms. The van der Waals surface area contributed by atoms with Gasteiger partial charge in [0, 0.05) is 6.42 Å². The molecule has 0 aromatic heterocycles. The van der Waals surface area contributed by atoms with Crippen molar-refractivity contribution in [3.63, 3.8) is 0 Å². The fraction of sp³-hybridized carbons (Fsp3) is 0.897. The minimum Gasteiger partial charge on any atom is -0.394 e. The second-order valence-corrected chi connectivity index (χ2v) is 24.3. The number of amides is 1. The highest BCUT2D eigenvalue weighted by molar-refractivity contribution is 5.76. The number of hydrogen-bond donors (Lipinski definition) is 9. The molecule has 0 aromatic carbocycles. The molecule has 12 unspecified atom stereocenters. The van der Waals surface area contributed by atoms with Gasteiger partial charge in [-0.2, -0.15) is 0 Å². The highest BCUT2D eigenvalue weighted by atomic mass is 16.7. The molecule has 2 aliphatic rings. The number of aliphatic hydroxyl groups excluding tert-OH is 8. The normalized spacial score (nSPS) is 24.1. The third kappa shape index (κ3) is 37.7. The fourth-order valence-corrected chi connectivity index (χ4v) is 11.4. The summed E-state index contributed by atoms with van der Waals surface area (Å²) >= 11 is 0. The van der Waals surface area contributed by atoms with Gasteiger partial charge in [-0.1, -0.05) is 275 Å². The molecule has 0 spiro atoms. The van der Waals surface area contributed by atoms with Crippen molar-refractivity contribution in [1.82, 2.24) is 5.32 Å². The lowest BCUT2D eigenvalue weighted by Gasteiger charge is -2.46. The summed E-state index contributed by atoms with van der Waals surface area (Å²) in [5, 5.41) is 87.2. The van der Waals surface area contributed by atoms with Gasteiger partial charge in [-0.05, 0) is 51.4 Å². The van der Waals surface area contributed by atoms with Crippen molar-refractivity contribution in [3.05, 3.63) is 36.5 Å². The van der Waals surface area contributed by atoms with Crippen LogP contribution in [0.4, 0.5) is 0 Å². The molecule has 14 heteroatoms. The third-order valence-electron chi connectivity index (χ3n) is 16.9. The largest absolute Gasteiger partial charge is 0.394 e. The van der Waals surface area contributed by atoms with E-state index < -0.39 is 86.8 Å². The van der Waals surface area contributed by atoms with Gasteiger partial charge in [-0.3, -0.25) is 4.79 Å². The first-order chi connectivity index (χ1) is 40.1. The molecule has 1 amide bonds. The molecule has 2 fully saturated rings. The molecule has 2 heterocycles. The summed E-state index contributed by atoms with van der Waals surface area (Å²) in [6.45, 7) is 2.86. The molecule has 12 atom stereocenters. The Morgan fingerprint density at radius 1 is 0.439 bits per heavy atom. The molecule has 0 saturated carbocycles. The van der Waals surface area contributed by atoms with Crippen molar-refractivity contribution in [2.75, 3.05) is 19.8 Å². The summed E-state index contributed by atoms with van der Waals surface area (Å²) in [6, 6.07) is -0.825. The van der Waals surface area contributed by atoms with E-state index in [4.69, 9.17) is 18.9 Å². The Morgan fingerprint density at radius 3 is 1.23 bits per heavy atom. The zero-order valence-electron chi connectivity index (χ0n) is 52.2. The Bertz CT molecular complexity index is 1510. The lowest BCUT2D eigenvalue weighted by atomic mass is 9.97. The maximum Gasteiger partial charge on any atom is 0.220 e. The van der Waals surface area contributed by atoms with Crippen LogP contribution in [0.5, 0.6) is 0 Å². The molecule has 2 rings (SSSR count). The van der Waals surface area contributed by atoms with Gasteiger partial charge < -0.3 is 65.1 Å². The van der Waals surface area contributed by atoms with Crippen LogP contribution in [0.3, 0.4) is 0 Å². The van der Waals surface area contributed by atoms with Crippen LogP contribution in [0.2, 0.25) is 0 Å². The lowest BCUT2D eigenvalue weighted by Crippen LogP contribution is -2.65. The number of nitrogens with one attached hydrogen (secondary N) is 1. The molecule has 482 valence electrons. The molecule has 0 aliphatic carbocycles. The van der Waals surface area contributed by atoms with E-state index in [1.165, 1.54) is 205 Å². The number of ether oxygens (including phenoxy) is 4. The van der Waals surface area contributed by atoms with Gasteiger partial charge >= 0.3 is 0 Å². The maximum absolute atomic E-state index is 13.3. The van der Waals surface area contributed by atoms with Gasteiger partial charge in [0.05, 0.1) is 32.0 Å². The summed E-state index contributed by atoms with van der Waals surface area (Å²) in [5.41, 5.74) is 0. The first-order valence-electron chi connectivity index (χ1n) is 34.2. The van der Waals surface area contributed by atoms with Crippen molar-refractivity contribution >= 4 is 5.91 Å². The summed E-state index contributed by atoms with van der Waals surface area (Å²) in [4.78, 5) is 13.3. The Balaban J connectivity index is 1.55. The maximum atomic E-state index is 13.3. The number of aliphatic hydroxyl groups is 8. The molecular formula is C68H127NO13. The van der Waals surface area contributed by atoms with Crippen LogP contribution < -0.4 is 5.32 Å². The molecular weight excluding hydrogens is 1040 g/mol. The van der Waals surface area contributed by atoms with E-state index in [0.717, 1.165) is 64.2 Å². The highest BCUT2D eigenvalue weighted by Crippen LogP contribution is 2.30. The van der Waals surface area contributed by atoms with Crippen LogP contribution in [0, 0.1) is 0 Å². The van der Waals surface area contributed by atoms with E-state index in [0.29, 0.717) is 12.8 Å². The smallest absolute Gasteiger partial charge is 0.220 e. The number of carbonyl (C=O) groups is 1. The van der Waals surface area contributed by atoms with E-state index in [1.54, 1.807) is 0 Å². The van der Waals surface area contributed by atoms with Crippen LogP contribution in [0.15, 0.2) is 36.5 Å². The topological polar surface area (TPSA) is 228 Å². The van der Waals surface area contributed by atoms with E-state index in [9.17, 15) is 45.6 Å². The van der Waals surface area contributed by atoms with Gasteiger partial charge in [0.25, 0.3) is 0 Å². The second kappa shape index (κ2) is 53.4. The SMILES string of the molecule is CCCCCCC/C=C\C/C=C\C/C=C\CCCCCCCCCCCCCCCCCCCCCCCCC(=O)NC(COC1OC(CO)C(OC2OC(CO)C(O)C(O)C2O)C(O)C1O)C(O)CCCCCCCCCCCCC. The Hall–Kier alpha value is -1.79. The average molecular weight is 1170 g/mol. The number of carbonyl (C=O) groups excluding carboxylic acids is 1. The van der Waals surface area contributed by atoms with Crippen molar-refractivity contribution in [2.24, 2.45) is 0 Å². The minimum atomic E-state index is -1.78. The molecule has 0 aromatic rings. The Kier molecular flexibility index (Phi) is 49.7. The fourth-order valence-electron chi connectivity index (χ4n) is 11.4. The van der Waals surface area contributed by atoms with E-state index in [1.807, 2.05) is 0 Å². The molecule has 2 saturated heterocycles. The van der Waals surface area contributed by atoms with E-state index in [2.05, 4.69) is 55.6 Å². The first kappa shape index (κ1) is 76.3. The Morgan fingerprint density at radius 2 is 0.805 bits per heavy atom. The number of unbranched alkanes of at least 4 members (excludes halogenated alkanes) is 37. The summed E-state index contributed by atoms with van der Waals surface area (Å²) in [6.07, 6.45) is 50.5. The number of hydrogen-bond acceptors (Lipinski definition) is 13. The van der Waals surface area contributed by atoms with E-state index in [-0.39, 0.29) is 12.5 Å². The first-order valence-corrected chi connectivity index (χ1v) is 34.2. The van der Waals surface area contributed by atoms with Crippen molar-refractivity contribution in [1.29, 1.82) is 0 Å². The van der Waals surface area contributed by atoms with Gasteiger partial charge in [0.1, 0.15) is 48.8 Å². The molecule has 9 N–H and O–H groups in total. The van der Waals surface area contributed by atoms with Crippen LogP contribution in [-0.2, 0) is 23.7 Å². The highest BCUT2D eigenvalue weighted by Gasteiger charge is 2.51. The number of allylic oxidation sites excluding steroid dienone is 6. The van der Waals surface area contributed by atoms with Crippen LogP contribution in [0.1, 0.15) is 296 Å². The quantitative estimate of drug-likeness (QED) is 0.0204. The second-order valence-electron chi connectivity index (χ2n) is 24.3. The van der Waals surface area contributed by atoms with E-state index >= 15 is 0 Å². The predicted octanol–water partition coefficient (Wildman–Crippen LogP) is 13.3. The van der Waals surface area contributed by atoms with Gasteiger partial charge in [0.2, 0.25) is 5.91 Å². The van der Waals surface area contributed by atoms with Crippen LogP contribution in [-0.4, -0.2) is 140 Å². The van der Waals surface area contributed by atoms with Gasteiger partial charge in [-0.25, -0.2) is 0 Å². The zero-order valence-corrected chi connectivity index (χ0v) is 52.2. The van der Waals surface area contributed by atoms with Crippen LogP contribution >= 0.6 is 0 Å². The molecule has 2 aliphatic heterocycles. The predicted molar refractivity (Wildman–Crippen MR) is 332 cm³/mol. The third-order valence-corrected chi connectivity index (χ3v) is 16.9. The zero-order chi connectivity index (χ0) is 59.5. The number of rotatable bonds is 56. The lowest BCUT2D eigenvalue weighted by molar-refractivity contribution is -0.359. The standard InChI is InChI=1S/C68H127NO13/c1-3-5-7-9-11-13-15-16-17-18-19-20-21-22-23-24-25-26-27-28-29-30-31-32-33-34-35-36-37-38-39-40-42-44-46-48-50-52-60(73)69-56(57(72)51-49-47-45-43-41-14-12-10-8-6-4-2)55-79-67-65(78)63(76)66(59(54-71)81-67)82-68-64(77)62(75)61(74)58(53-70)80-68/h15-16,18-19,21-22,56-59,61-68,70-72,74-78H,3-14,17,20,23-55H2,1-2H3,(H,69,73)/b16-15-,19-18-,22-21-. The minimum absolute atomic E-state index is 0.203. The monoisotopic (exact) mass is 1170 g/mol. The summed E-state index contributed by atoms with van der Waals surface area (Å²) in [7, 11) is 0. The van der Waals surface area contributed by atoms with Crippen molar-refractivity contribution in [3.8, 4) is 0 Å². The summed E-state index contributed by atoms with van der Waals surface area (Å²) in [5.74, 6) is -0.203. The van der Waals surface area contributed by atoms with Gasteiger partial charge in [0.15, 0.2) is 12.6 Å². The van der Waals surface area contributed by atoms with Crippen LogP contribution in [0.25, 0.3) is 0 Å². The van der Waals surface area contributed by atoms with Crippen molar-refractivity contribution in [2.45, 2.75) is 370 Å². The molecule has 14 nitrogen and oxygen atoms in total. The van der Waals surface area contributed by atoms with Gasteiger partial charge in [-0.15, -0.1) is 0 Å². The van der Waals surface area contributed by atoms with Crippen molar-refractivity contribution < 1.29 is 64.6 Å². The average Bonchev–Trinajstić information content (AvgIpc) is 3.22.